The van der Waals surface area contributed by atoms with Crippen LogP contribution < -0.4 is 20.1 Å². The van der Waals surface area contributed by atoms with Crippen molar-refractivity contribution in [3.8, 4) is 11.5 Å². The minimum atomic E-state index is -0.419. The van der Waals surface area contributed by atoms with Crippen LogP contribution in [-0.4, -0.2) is 36.5 Å². The SMILES string of the molecule is COc1ccc(CN(Cc2ccccc2)C(C)C(=O)Nc2ccc(NC(C)=O)cc2)cc1OCC(C)C. The Balaban J connectivity index is 1.79. The highest BCUT2D eigenvalue weighted by atomic mass is 16.5. The number of hydrogen-bond acceptors (Lipinski definition) is 5. The van der Waals surface area contributed by atoms with Gasteiger partial charge in [0.2, 0.25) is 11.8 Å². The summed E-state index contributed by atoms with van der Waals surface area (Å²) < 4.78 is 11.5. The molecule has 3 aromatic rings. The van der Waals surface area contributed by atoms with Crippen LogP contribution in [0.3, 0.4) is 0 Å². The van der Waals surface area contributed by atoms with E-state index >= 15 is 0 Å². The maximum absolute atomic E-state index is 13.3. The lowest BCUT2D eigenvalue weighted by Crippen LogP contribution is -2.41. The van der Waals surface area contributed by atoms with Crippen LogP contribution in [0.2, 0.25) is 0 Å². The molecule has 2 amide bonds. The summed E-state index contributed by atoms with van der Waals surface area (Å²) in [6, 6.07) is 22.7. The third-order valence-corrected chi connectivity index (χ3v) is 5.81. The highest BCUT2D eigenvalue weighted by molar-refractivity contribution is 5.95. The second-order valence-electron chi connectivity index (χ2n) is 9.50. The fourth-order valence-electron chi connectivity index (χ4n) is 3.82. The van der Waals surface area contributed by atoms with Crippen LogP contribution in [-0.2, 0) is 22.7 Å². The van der Waals surface area contributed by atoms with Crippen molar-refractivity contribution in [2.45, 2.75) is 46.8 Å². The van der Waals surface area contributed by atoms with Gasteiger partial charge in [-0.1, -0.05) is 50.2 Å². The van der Waals surface area contributed by atoms with Gasteiger partial charge in [-0.2, -0.15) is 0 Å². The van der Waals surface area contributed by atoms with Crippen LogP contribution >= 0.6 is 0 Å². The smallest absolute Gasteiger partial charge is 0.241 e. The summed E-state index contributed by atoms with van der Waals surface area (Å²) in [5.41, 5.74) is 3.49. The van der Waals surface area contributed by atoms with E-state index in [2.05, 4.69) is 41.5 Å². The molecule has 0 spiro atoms. The van der Waals surface area contributed by atoms with Crippen molar-refractivity contribution in [1.29, 1.82) is 0 Å². The molecule has 0 bridgehead atoms. The summed E-state index contributed by atoms with van der Waals surface area (Å²) in [6.07, 6.45) is 0. The first-order valence-electron chi connectivity index (χ1n) is 12.5. The Labute approximate surface area is 219 Å². The van der Waals surface area contributed by atoms with Gasteiger partial charge in [0.25, 0.3) is 0 Å². The molecule has 37 heavy (non-hydrogen) atoms. The minimum absolute atomic E-state index is 0.118. The number of amides is 2. The van der Waals surface area contributed by atoms with Gasteiger partial charge in [-0.3, -0.25) is 14.5 Å². The summed E-state index contributed by atoms with van der Waals surface area (Å²) >= 11 is 0. The van der Waals surface area contributed by atoms with E-state index in [-0.39, 0.29) is 11.8 Å². The molecule has 1 atom stereocenters. The van der Waals surface area contributed by atoms with Crippen LogP contribution in [0, 0.1) is 5.92 Å². The molecule has 0 saturated carbocycles. The zero-order valence-corrected chi connectivity index (χ0v) is 22.3. The normalized spacial score (nSPS) is 11.8. The first-order chi connectivity index (χ1) is 17.7. The Morgan fingerprint density at radius 1 is 0.811 bits per heavy atom. The summed E-state index contributed by atoms with van der Waals surface area (Å²) in [5, 5.41) is 5.73. The number of carbonyl (C=O) groups excluding carboxylic acids is 2. The van der Waals surface area contributed by atoms with Crippen molar-refractivity contribution in [1.82, 2.24) is 4.90 Å². The predicted octanol–water partition coefficient (Wildman–Crippen LogP) is 5.72. The van der Waals surface area contributed by atoms with E-state index in [4.69, 9.17) is 9.47 Å². The van der Waals surface area contributed by atoms with Crippen molar-refractivity contribution < 1.29 is 19.1 Å². The van der Waals surface area contributed by atoms with Gasteiger partial charge in [0.15, 0.2) is 11.5 Å². The molecule has 0 saturated heterocycles. The van der Waals surface area contributed by atoms with E-state index in [9.17, 15) is 9.59 Å². The van der Waals surface area contributed by atoms with Gasteiger partial charge in [-0.05, 0) is 60.4 Å². The van der Waals surface area contributed by atoms with Crippen molar-refractivity contribution in [3.05, 3.63) is 83.9 Å². The number of anilines is 2. The highest BCUT2D eigenvalue weighted by Crippen LogP contribution is 2.29. The quantitative estimate of drug-likeness (QED) is 0.331. The van der Waals surface area contributed by atoms with Gasteiger partial charge in [-0.25, -0.2) is 0 Å². The molecule has 3 aromatic carbocycles. The lowest BCUT2D eigenvalue weighted by molar-refractivity contribution is -0.121. The Morgan fingerprint density at radius 2 is 1.43 bits per heavy atom. The van der Waals surface area contributed by atoms with E-state index < -0.39 is 6.04 Å². The second-order valence-corrected chi connectivity index (χ2v) is 9.50. The molecule has 0 aliphatic heterocycles. The zero-order valence-electron chi connectivity index (χ0n) is 22.3. The summed E-state index contributed by atoms with van der Waals surface area (Å²) in [6.45, 7) is 9.31. The second kappa shape index (κ2) is 13.5. The van der Waals surface area contributed by atoms with E-state index in [1.54, 1.807) is 31.4 Å². The molecule has 0 radical (unpaired) electrons. The number of hydrogen-bond donors (Lipinski definition) is 2. The Kier molecular flexibility index (Phi) is 10.1. The maximum Gasteiger partial charge on any atom is 0.241 e. The van der Waals surface area contributed by atoms with Crippen LogP contribution in [0.4, 0.5) is 11.4 Å². The summed E-state index contributed by atoms with van der Waals surface area (Å²) in [5.74, 6) is 1.52. The lowest BCUT2D eigenvalue weighted by atomic mass is 10.1. The molecule has 0 aliphatic carbocycles. The number of methoxy groups -OCH3 is 1. The molecule has 196 valence electrons. The summed E-state index contributed by atoms with van der Waals surface area (Å²) in [4.78, 5) is 26.7. The molecule has 0 fully saturated rings. The van der Waals surface area contributed by atoms with Crippen molar-refractivity contribution in [3.63, 3.8) is 0 Å². The van der Waals surface area contributed by atoms with Gasteiger partial charge in [0.1, 0.15) is 0 Å². The van der Waals surface area contributed by atoms with Gasteiger partial charge in [-0.15, -0.1) is 0 Å². The van der Waals surface area contributed by atoms with E-state index in [0.717, 1.165) is 11.1 Å². The van der Waals surface area contributed by atoms with Crippen molar-refractivity contribution in [2.75, 3.05) is 24.4 Å². The lowest BCUT2D eigenvalue weighted by Gasteiger charge is -2.29. The topological polar surface area (TPSA) is 79.9 Å². The van der Waals surface area contributed by atoms with Crippen LogP contribution in [0.25, 0.3) is 0 Å². The van der Waals surface area contributed by atoms with E-state index in [1.807, 2.05) is 43.3 Å². The fraction of sp³-hybridized carbons (Fsp3) is 0.333. The first-order valence-corrected chi connectivity index (χ1v) is 12.5. The molecular weight excluding hydrogens is 466 g/mol. The molecule has 2 N–H and O–H groups in total. The van der Waals surface area contributed by atoms with Crippen LogP contribution in [0.1, 0.15) is 38.8 Å². The average molecular weight is 504 g/mol. The fourth-order valence-corrected chi connectivity index (χ4v) is 3.82. The Morgan fingerprint density at radius 3 is 2.03 bits per heavy atom. The average Bonchev–Trinajstić information content (AvgIpc) is 2.88. The molecule has 7 heteroatoms. The largest absolute Gasteiger partial charge is 0.493 e. The van der Waals surface area contributed by atoms with Crippen LogP contribution in [0.15, 0.2) is 72.8 Å². The van der Waals surface area contributed by atoms with Gasteiger partial charge < -0.3 is 20.1 Å². The Hall–Kier alpha value is -3.84. The number of rotatable bonds is 12. The minimum Gasteiger partial charge on any atom is -0.493 e. The van der Waals surface area contributed by atoms with E-state index in [1.165, 1.54) is 6.92 Å². The number of nitrogens with one attached hydrogen (secondary N) is 2. The van der Waals surface area contributed by atoms with Crippen molar-refractivity contribution >= 4 is 23.2 Å². The van der Waals surface area contributed by atoms with Gasteiger partial charge in [0.05, 0.1) is 19.8 Å². The summed E-state index contributed by atoms with van der Waals surface area (Å²) in [7, 11) is 1.63. The predicted molar refractivity (Wildman–Crippen MR) is 148 cm³/mol. The molecule has 0 aliphatic rings. The third kappa shape index (κ3) is 8.65. The van der Waals surface area contributed by atoms with Crippen molar-refractivity contribution in [2.24, 2.45) is 5.92 Å². The molecule has 3 rings (SSSR count). The zero-order chi connectivity index (χ0) is 26.8. The van der Waals surface area contributed by atoms with Crippen LogP contribution in [0.5, 0.6) is 11.5 Å². The Bertz CT molecular complexity index is 1160. The first kappa shape index (κ1) is 27.7. The maximum atomic E-state index is 13.3. The van der Waals surface area contributed by atoms with Gasteiger partial charge in [0, 0.05) is 31.4 Å². The number of benzene rings is 3. The standard InChI is InChI=1S/C30H37N3O4/c1-21(2)20-37-29-17-25(11-16-28(29)36-5)19-33(18-24-9-7-6-8-10-24)22(3)30(35)32-27-14-12-26(13-15-27)31-23(4)34/h6-17,21-22H,18-20H2,1-5H3,(H,31,34)(H,32,35). The number of nitrogens with zero attached hydrogens (tertiary/aromatic N) is 1. The highest BCUT2D eigenvalue weighted by Gasteiger charge is 2.23. The number of carbonyl (C=O) groups is 2. The molecule has 0 aromatic heterocycles. The van der Waals surface area contributed by atoms with Gasteiger partial charge >= 0.3 is 0 Å². The number of ether oxygens (including phenoxy) is 2. The molecule has 7 nitrogen and oxygen atoms in total. The van der Waals surface area contributed by atoms with E-state index in [0.29, 0.717) is 48.5 Å². The molecule has 1 unspecified atom stereocenters. The third-order valence-electron chi connectivity index (χ3n) is 5.81. The molecular formula is C30H37N3O4. The monoisotopic (exact) mass is 503 g/mol. The molecule has 0 heterocycles.